The van der Waals surface area contributed by atoms with E-state index in [2.05, 4.69) is 21.2 Å². The van der Waals surface area contributed by atoms with Crippen LogP contribution in [0.25, 0.3) is 0 Å². The molecule has 10 heteroatoms. The van der Waals surface area contributed by atoms with Crippen LogP contribution < -0.4 is 24.3 Å². The molecular formula is C36H37BrN2O7. The molecule has 2 N–H and O–H groups in total. The topological polar surface area (TPSA) is 108 Å². The van der Waals surface area contributed by atoms with Gasteiger partial charge in [0.15, 0.2) is 11.6 Å². The summed E-state index contributed by atoms with van der Waals surface area (Å²) >= 11 is 3.52. The highest BCUT2D eigenvalue weighted by molar-refractivity contribution is 9.10. The van der Waals surface area contributed by atoms with Crippen molar-refractivity contribution in [3.63, 3.8) is 0 Å². The van der Waals surface area contributed by atoms with E-state index in [1.807, 2.05) is 78.9 Å². The van der Waals surface area contributed by atoms with E-state index < -0.39 is 11.6 Å². The first kappa shape index (κ1) is 32.8. The van der Waals surface area contributed by atoms with Crippen molar-refractivity contribution in [3.8, 4) is 23.0 Å². The summed E-state index contributed by atoms with van der Waals surface area (Å²) in [6.07, 6.45) is 0.0830. The van der Waals surface area contributed by atoms with E-state index in [0.717, 1.165) is 15.6 Å². The summed E-state index contributed by atoms with van der Waals surface area (Å²) in [5.74, 6) is 2.31. The second kappa shape index (κ2) is 15.2. The highest BCUT2D eigenvalue weighted by Gasteiger charge is 2.53. The summed E-state index contributed by atoms with van der Waals surface area (Å²) in [5, 5.41) is 12.2. The third-order valence-electron chi connectivity index (χ3n) is 7.76. The molecule has 4 aromatic rings. The monoisotopic (exact) mass is 688 g/mol. The Morgan fingerprint density at radius 1 is 0.913 bits per heavy atom. The molecule has 1 aliphatic heterocycles. The van der Waals surface area contributed by atoms with Crippen molar-refractivity contribution in [2.45, 2.75) is 31.0 Å². The Labute approximate surface area is 277 Å². The van der Waals surface area contributed by atoms with Gasteiger partial charge in [0.05, 0.1) is 40.0 Å². The number of methoxy groups -OCH3 is 3. The Morgan fingerprint density at radius 2 is 1.59 bits per heavy atom. The first-order valence-electron chi connectivity index (χ1n) is 14.9. The highest BCUT2D eigenvalue weighted by Crippen LogP contribution is 2.43. The van der Waals surface area contributed by atoms with Crippen molar-refractivity contribution in [1.29, 1.82) is 0 Å². The Morgan fingerprint density at radius 3 is 2.20 bits per heavy atom. The number of amides is 1. The minimum Gasteiger partial charge on any atom is -0.496 e. The number of benzene rings is 4. The molecule has 240 valence electrons. The summed E-state index contributed by atoms with van der Waals surface area (Å²) in [6, 6.07) is 28.4. The van der Waals surface area contributed by atoms with Crippen LogP contribution in [0.1, 0.15) is 34.8 Å². The molecule has 0 radical (unpaired) electrons. The summed E-state index contributed by atoms with van der Waals surface area (Å²) < 4.78 is 29.9. The molecule has 2 atom stereocenters. The van der Waals surface area contributed by atoms with Gasteiger partial charge in [-0.3, -0.25) is 4.79 Å². The van der Waals surface area contributed by atoms with Crippen molar-refractivity contribution in [3.05, 3.63) is 118 Å². The number of nitrogens with zero attached hydrogens (tertiary/aromatic N) is 1. The molecule has 9 nitrogen and oxygen atoms in total. The minimum atomic E-state index is -1.37. The minimum absolute atomic E-state index is 0.0597. The maximum atomic E-state index is 14.6. The average molecular weight is 690 g/mol. The molecule has 5 rings (SSSR count). The van der Waals surface area contributed by atoms with E-state index in [0.29, 0.717) is 53.1 Å². The molecule has 1 amide bonds. The van der Waals surface area contributed by atoms with Crippen LogP contribution >= 0.6 is 15.9 Å². The Kier molecular flexibility index (Phi) is 10.8. The van der Waals surface area contributed by atoms with Crippen molar-refractivity contribution >= 4 is 27.7 Å². The van der Waals surface area contributed by atoms with Gasteiger partial charge in [0, 0.05) is 41.6 Å². The van der Waals surface area contributed by atoms with Gasteiger partial charge in [-0.2, -0.15) is 0 Å². The van der Waals surface area contributed by atoms with Crippen LogP contribution in [0.4, 0.5) is 0 Å². The largest absolute Gasteiger partial charge is 0.496 e. The highest BCUT2D eigenvalue weighted by atomic mass is 79.9. The number of hydrogen-bond donors (Lipinski definition) is 2. The first-order valence-corrected chi connectivity index (χ1v) is 15.7. The fourth-order valence-corrected chi connectivity index (χ4v) is 5.66. The maximum absolute atomic E-state index is 14.6. The van der Waals surface area contributed by atoms with Gasteiger partial charge in [-0.15, -0.1) is 0 Å². The molecule has 0 bridgehead atoms. The first-order chi connectivity index (χ1) is 22.4. The Hall–Kier alpha value is -4.54. The lowest BCUT2D eigenvalue weighted by Gasteiger charge is -2.31. The number of hydrogen-bond acceptors (Lipinski definition) is 8. The number of halogens is 1. The van der Waals surface area contributed by atoms with Crippen LogP contribution in [0.15, 0.2) is 100 Å². The lowest BCUT2D eigenvalue weighted by molar-refractivity contribution is -0.129. The number of carbonyl (C=O) groups is 1. The number of ether oxygens (including phenoxy) is 5. The van der Waals surface area contributed by atoms with E-state index in [-0.39, 0.29) is 25.5 Å². The van der Waals surface area contributed by atoms with Gasteiger partial charge in [-0.1, -0.05) is 58.4 Å². The number of carbonyl (C=O) groups excluding carboxylic acids is 1. The molecule has 46 heavy (non-hydrogen) atoms. The van der Waals surface area contributed by atoms with Gasteiger partial charge in [0.2, 0.25) is 5.90 Å². The second-order valence-electron chi connectivity index (χ2n) is 10.7. The zero-order chi connectivity index (χ0) is 32.5. The van der Waals surface area contributed by atoms with Crippen molar-refractivity contribution in [2.24, 2.45) is 4.99 Å². The van der Waals surface area contributed by atoms with Gasteiger partial charge < -0.3 is 34.1 Å². The van der Waals surface area contributed by atoms with E-state index in [9.17, 15) is 4.79 Å². The fourth-order valence-electron chi connectivity index (χ4n) is 5.40. The fraction of sp³-hybridized carbons (Fsp3) is 0.278. The molecule has 0 saturated heterocycles. The summed E-state index contributed by atoms with van der Waals surface area (Å²) in [5.41, 5.74) is 1.74. The molecule has 1 aliphatic rings. The number of aliphatic hydroxyl groups is 1. The smallest absolute Gasteiger partial charge is 0.252 e. The van der Waals surface area contributed by atoms with Gasteiger partial charge >= 0.3 is 0 Å². The molecule has 4 aromatic carbocycles. The molecule has 0 saturated carbocycles. The quantitative estimate of drug-likeness (QED) is 0.155. The molecule has 0 aliphatic carbocycles. The van der Waals surface area contributed by atoms with Crippen molar-refractivity contribution in [1.82, 2.24) is 5.32 Å². The lowest BCUT2D eigenvalue weighted by Crippen LogP contribution is -2.49. The summed E-state index contributed by atoms with van der Waals surface area (Å²) in [6.45, 7) is 0.581. The molecule has 0 spiro atoms. The molecule has 1 heterocycles. The molecule has 0 aromatic heterocycles. The number of aliphatic imine (C=N–C) groups is 1. The van der Waals surface area contributed by atoms with E-state index in [4.69, 9.17) is 33.8 Å². The summed E-state index contributed by atoms with van der Waals surface area (Å²) in [7, 11) is 4.69. The van der Waals surface area contributed by atoms with Crippen LogP contribution in [0, 0.1) is 0 Å². The van der Waals surface area contributed by atoms with Gasteiger partial charge in [-0.05, 0) is 47.5 Å². The van der Waals surface area contributed by atoms with E-state index >= 15 is 0 Å². The Bertz CT molecular complexity index is 1620. The second-order valence-corrected chi connectivity index (χ2v) is 11.6. The predicted molar refractivity (Wildman–Crippen MR) is 179 cm³/mol. The van der Waals surface area contributed by atoms with Gasteiger partial charge in [-0.25, -0.2) is 4.99 Å². The van der Waals surface area contributed by atoms with E-state index in [1.54, 1.807) is 33.5 Å². The third-order valence-corrected chi connectivity index (χ3v) is 8.29. The van der Waals surface area contributed by atoms with Crippen LogP contribution in [0.2, 0.25) is 0 Å². The normalized spacial score (nSPS) is 17.1. The van der Waals surface area contributed by atoms with Crippen molar-refractivity contribution < 1.29 is 33.6 Å². The van der Waals surface area contributed by atoms with Crippen LogP contribution in [-0.4, -0.2) is 57.0 Å². The zero-order valence-electron chi connectivity index (χ0n) is 26.0. The SMILES string of the molecule is COc1cc(OC)c(CNC(=O)[C@]2(Cc3ccc(Br)cc3)N=C(c3ccc(OCCCO)cc3)O[C@@H]2c2ccccc2)c(OC)c1. The number of aliphatic hydroxyl groups excluding tert-OH is 1. The van der Waals surface area contributed by atoms with Crippen LogP contribution in [0.5, 0.6) is 23.0 Å². The maximum Gasteiger partial charge on any atom is 0.252 e. The number of rotatable bonds is 14. The molecule has 0 fully saturated rings. The van der Waals surface area contributed by atoms with Crippen LogP contribution in [-0.2, 0) is 22.5 Å². The summed E-state index contributed by atoms with van der Waals surface area (Å²) in [4.78, 5) is 19.8. The van der Waals surface area contributed by atoms with E-state index in [1.165, 1.54) is 0 Å². The molecular weight excluding hydrogens is 652 g/mol. The van der Waals surface area contributed by atoms with Gasteiger partial charge in [0.1, 0.15) is 23.0 Å². The third kappa shape index (κ3) is 7.29. The van der Waals surface area contributed by atoms with Crippen molar-refractivity contribution in [2.75, 3.05) is 34.5 Å². The average Bonchev–Trinajstić information content (AvgIpc) is 3.49. The Balaban J connectivity index is 1.56. The molecule has 0 unspecified atom stereocenters. The van der Waals surface area contributed by atoms with Crippen LogP contribution in [0.3, 0.4) is 0 Å². The lowest BCUT2D eigenvalue weighted by atomic mass is 9.82. The standard InChI is InChI=1S/C36H37BrN2O7/c1-42-29-20-31(43-2)30(32(21-29)44-3)23-38-35(41)36(22-24-10-14-27(37)15-11-24)33(25-8-5-4-6-9-25)46-34(39-36)26-12-16-28(17-13-26)45-19-7-18-40/h4-6,8-17,20-21,33,40H,7,18-19,22-23H2,1-3H3,(H,38,41)/t33-,36-/m1/s1. The predicted octanol–water partition coefficient (Wildman–Crippen LogP) is 6.05. The van der Waals surface area contributed by atoms with Gasteiger partial charge in [0.25, 0.3) is 5.91 Å². The zero-order valence-corrected chi connectivity index (χ0v) is 27.6. The number of nitrogens with one attached hydrogen (secondary N) is 1.